The van der Waals surface area contributed by atoms with Gasteiger partial charge < -0.3 is 10.2 Å². The van der Waals surface area contributed by atoms with E-state index in [1.54, 1.807) is 6.92 Å². The number of carboxylic acids is 1. The third kappa shape index (κ3) is 3.82. The van der Waals surface area contributed by atoms with Gasteiger partial charge in [-0.1, -0.05) is 12.8 Å². The molecule has 0 aliphatic heterocycles. The van der Waals surface area contributed by atoms with Crippen LogP contribution in [0.5, 0.6) is 0 Å². The van der Waals surface area contributed by atoms with E-state index >= 15 is 0 Å². The van der Waals surface area contributed by atoms with E-state index in [0.717, 1.165) is 30.6 Å². The lowest BCUT2D eigenvalue weighted by Gasteiger charge is -2.27. The smallest absolute Gasteiger partial charge is 0.346 e. The average Bonchev–Trinajstić information content (AvgIpc) is 2.81. The summed E-state index contributed by atoms with van der Waals surface area (Å²) in [5.41, 5.74) is 0.436. The second-order valence-corrected chi connectivity index (χ2v) is 8.39. The molecule has 0 saturated heterocycles. The van der Waals surface area contributed by atoms with Crippen LogP contribution < -0.4 is 4.72 Å². The van der Waals surface area contributed by atoms with Crippen LogP contribution >= 0.6 is 11.3 Å². The number of carbonyl (C=O) groups is 1. The molecule has 118 valence electrons. The third-order valence-corrected chi connectivity index (χ3v) is 6.88. The first-order valence-corrected chi connectivity index (χ1v) is 9.12. The maximum atomic E-state index is 12.2. The fourth-order valence-electron chi connectivity index (χ4n) is 2.51. The van der Waals surface area contributed by atoms with Crippen LogP contribution in [-0.2, 0) is 10.0 Å². The van der Waals surface area contributed by atoms with E-state index in [1.165, 1.54) is 6.07 Å². The van der Waals surface area contributed by atoms with Gasteiger partial charge in [0, 0.05) is 6.54 Å². The van der Waals surface area contributed by atoms with Crippen LogP contribution in [0.3, 0.4) is 0 Å². The van der Waals surface area contributed by atoms with Crippen LogP contribution in [0.25, 0.3) is 0 Å². The largest absolute Gasteiger partial charge is 0.477 e. The first-order valence-electron chi connectivity index (χ1n) is 6.82. The lowest BCUT2D eigenvalue weighted by atomic mass is 9.87. The van der Waals surface area contributed by atoms with E-state index in [2.05, 4.69) is 4.72 Å². The lowest BCUT2D eigenvalue weighted by Crippen LogP contribution is -2.36. The van der Waals surface area contributed by atoms with Crippen molar-refractivity contribution in [3.8, 4) is 0 Å². The third-order valence-electron chi connectivity index (χ3n) is 3.76. The molecule has 1 heterocycles. The van der Waals surface area contributed by atoms with Gasteiger partial charge in [-0.15, -0.1) is 11.3 Å². The number of aliphatic hydroxyl groups excluding tert-OH is 1. The fourth-order valence-corrected chi connectivity index (χ4v) is 5.03. The Morgan fingerprint density at radius 2 is 2.10 bits per heavy atom. The summed E-state index contributed by atoms with van der Waals surface area (Å²) in [5, 5.41) is 18.8. The van der Waals surface area contributed by atoms with Gasteiger partial charge in [-0.05, 0) is 37.3 Å². The van der Waals surface area contributed by atoms with E-state index in [4.69, 9.17) is 5.11 Å². The molecular formula is C13H19NO5S2. The van der Waals surface area contributed by atoms with Crippen molar-refractivity contribution in [2.75, 3.05) is 6.54 Å². The van der Waals surface area contributed by atoms with Crippen LogP contribution in [0.4, 0.5) is 0 Å². The Labute approximate surface area is 127 Å². The van der Waals surface area contributed by atoms with Gasteiger partial charge in [0.15, 0.2) is 0 Å². The van der Waals surface area contributed by atoms with Crippen molar-refractivity contribution >= 4 is 27.3 Å². The van der Waals surface area contributed by atoms with Crippen molar-refractivity contribution < 1.29 is 23.4 Å². The first kappa shape index (κ1) is 16.4. The minimum atomic E-state index is -3.72. The Morgan fingerprint density at radius 1 is 1.43 bits per heavy atom. The number of aliphatic hydroxyl groups is 1. The monoisotopic (exact) mass is 333 g/mol. The predicted octanol–water partition coefficient (Wildman–Crippen LogP) is 1.58. The van der Waals surface area contributed by atoms with Crippen molar-refractivity contribution in [2.45, 2.75) is 42.9 Å². The highest BCUT2D eigenvalue weighted by molar-refractivity contribution is 7.91. The Kier molecular flexibility index (Phi) is 5.03. The zero-order valence-corrected chi connectivity index (χ0v) is 13.3. The summed E-state index contributed by atoms with van der Waals surface area (Å²) >= 11 is 0.749. The number of aromatic carboxylic acids is 1. The molecule has 0 radical (unpaired) electrons. The molecule has 0 aromatic carbocycles. The summed E-state index contributed by atoms with van der Waals surface area (Å²) in [5.74, 6) is -1.20. The van der Waals surface area contributed by atoms with Crippen molar-refractivity contribution in [1.29, 1.82) is 0 Å². The highest BCUT2D eigenvalue weighted by Crippen LogP contribution is 2.27. The molecule has 8 heteroatoms. The number of aryl methyl sites for hydroxylation is 1. The molecule has 2 unspecified atom stereocenters. The molecule has 1 aromatic heterocycles. The molecule has 21 heavy (non-hydrogen) atoms. The van der Waals surface area contributed by atoms with E-state index < -0.39 is 22.1 Å². The van der Waals surface area contributed by atoms with Crippen molar-refractivity contribution in [1.82, 2.24) is 4.72 Å². The maximum Gasteiger partial charge on any atom is 0.346 e. The number of sulfonamides is 1. The van der Waals surface area contributed by atoms with Gasteiger partial charge in [-0.3, -0.25) is 0 Å². The van der Waals surface area contributed by atoms with E-state index in [1.807, 2.05) is 0 Å². The van der Waals surface area contributed by atoms with Gasteiger partial charge in [0.2, 0.25) is 10.0 Å². The number of hydrogen-bond donors (Lipinski definition) is 3. The SMILES string of the molecule is Cc1cc(S(=O)(=O)NCC2CCCCC2O)sc1C(=O)O. The summed E-state index contributed by atoms with van der Waals surface area (Å²) in [4.78, 5) is 11.0. The summed E-state index contributed by atoms with van der Waals surface area (Å²) < 4.78 is 26.9. The number of thiophene rings is 1. The molecule has 1 aromatic rings. The predicted molar refractivity (Wildman–Crippen MR) is 79.2 cm³/mol. The molecule has 1 saturated carbocycles. The van der Waals surface area contributed by atoms with Gasteiger partial charge in [0.05, 0.1) is 6.10 Å². The molecule has 1 aliphatic rings. The van der Waals surface area contributed by atoms with E-state index in [-0.39, 0.29) is 21.5 Å². The van der Waals surface area contributed by atoms with Gasteiger partial charge in [-0.2, -0.15) is 0 Å². The zero-order chi connectivity index (χ0) is 15.6. The minimum Gasteiger partial charge on any atom is -0.477 e. The number of hydrogen-bond acceptors (Lipinski definition) is 5. The zero-order valence-electron chi connectivity index (χ0n) is 11.7. The quantitative estimate of drug-likeness (QED) is 0.759. The van der Waals surface area contributed by atoms with Crippen molar-refractivity contribution in [2.24, 2.45) is 5.92 Å². The summed E-state index contributed by atoms with van der Waals surface area (Å²) in [6.07, 6.45) is 2.99. The second kappa shape index (κ2) is 6.43. The van der Waals surface area contributed by atoms with E-state index in [9.17, 15) is 18.3 Å². The number of carboxylic acid groups (broad SMARTS) is 1. The summed E-state index contributed by atoms with van der Waals surface area (Å²) in [7, 11) is -3.72. The summed E-state index contributed by atoms with van der Waals surface area (Å²) in [6.45, 7) is 1.76. The second-order valence-electron chi connectivity index (χ2n) is 5.35. The van der Waals surface area contributed by atoms with Crippen molar-refractivity contribution in [3.05, 3.63) is 16.5 Å². The fraction of sp³-hybridized carbons (Fsp3) is 0.615. The molecule has 1 fully saturated rings. The molecule has 0 bridgehead atoms. The molecular weight excluding hydrogens is 314 g/mol. The molecule has 2 atom stereocenters. The Bertz CT molecular complexity index is 623. The number of rotatable bonds is 5. The Balaban J connectivity index is 2.08. The van der Waals surface area contributed by atoms with Crippen LogP contribution in [0.1, 0.15) is 40.9 Å². The Hall–Kier alpha value is -0.960. The highest BCUT2D eigenvalue weighted by atomic mass is 32.2. The minimum absolute atomic E-state index is 0.00250. The standard InChI is InChI=1S/C13H19NO5S2/c1-8-6-11(20-12(8)13(16)17)21(18,19)14-7-9-4-2-3-5-10(9)15/h6,9-10,14-15H,2-5,7H2,1H3,(H,16,17). The first-order chi connectivity index (χ1) is 9.81. The van der Waals surface area contributed by atoms with Gasteiger partial charge in [-0.25, -0.2) is 17.9 Å². The molecule has 2 rings (SSSR count). The van der Waals surface area contributed by atoms with Crippen LogP contribution in [0.15, 0.2) is 10.3 Å². The topological polar surface area (TPSA) is 104 Å². The molecule has 0 amide bonds. The van der Waals surface area contributed by atoms with Gasteiger partial charge in [0.25, 0.3) is 0 Å². The molecule has 1 aliphatic carbocycles. The number of nitrogens with one attached hydrogen (secondary N) is 1. The van der Waals surface area contributed by atoms with Crippen LogP contribution in [0, 0.1) is 12.8 Å². The highest BCUT2D eigenvalue weighted by Gasteiger charge is 2.26. The maximum absolute atomic E-state index is 12.2. The lowest BCUT2D eigenvalue weighted by molar-refractivity contribution is 0.0700. The van der Waals surface area contributed by atoms with E-state index in [0.29, 0.717) is 12.0 Å². The molecule has 3 N–H and O–H groups in total. The van der Waals surface area contributed by atoms with Gasteiger partial charge in [0.1, 0.15) is 9.09 Å². The molecule has 6 nitrogen and oxygen atoms in total. The van der Waals surface area contributed by atoms with Gasteiger partial charge >= 0.3 is 5.97 Å². The average molecular weight is 333 g/mol. The van der Waals surface area contributed by atoms with Crippen molar-refractivity contribution in [3.63, 3.8) is 0 Å². The Morgan fingerprint density at radius 3 is 2.67 bits per heavy atom. The molecule has 0 spiro atoms. The summed E-state index contributed by atoms with van der Waals surface area (Å²) in [6, 6.07) is 1.37. The van der Waals surface area contributed by atoms with Crippen LogP contribution in [-0.4, -0.2) is 37.2 Å². The van der Waals surface area contributed by atoms with Crippen LogP contribution in [0.2, 0.25) is 0 Å². The normalized spacial score (nSPS) is 23.1.